The molecule has 0 heterocycles. The van der Waals surface area contributed by atoms with Crippen molar-refractivity contribution in [3.05, 3.63) is 121 Å². The van der Waals surface area contributed by atoms with E-state index in [1.165, 1.54) is 5.56 Å². The third-order valence-electron chi connectivity index (χ3n) is 10.1. The molecule has 12 nitrogen and oxygen atoms in total. The summed E-state index contributed by atoms with van der Waals surface area (Å²) in [5.74, 6) is 3.92. The molecule has 0 amide bonds. The molecule has 0 saturated heterocycles. The van der Waals surface area contributed by atoms with E-state index in [4.69, 9.17) is 52.5 Å². The molecular weight excluding hydrogens is 827 g/mol. The van der Waals surface area contributed by atoms with Crippen molar-refractivity contribution < 1.29 is 52.5 Å². The Bertz CT molecular complexity index is 1840. The van der Waals surface area contributed by atoms with E-state index in [1.807, 2.05) is 54.6 Å². The molecule has 0 radical (unpaired) electrons. The van der Waals surface area contributed by atoms with Gasteiger partial charge in [-0.15, -0.1) is 13.2 Å². The number of methoxy groups -OCH3 is 2. The summed E-state index contributed by atoms with van der Waals surface area (Å²) >= 11 is 0. The van der Waals surface area contributed by atoms with Gasteiger partial charge in [-0.1, -0.05) is 61.0 Å². The maximum atomic E-state index is 9.00. The van der Waals surface area contributed by atoms with Crippen LogP contribution in [0.2, 0.25) is 0 Å². The molecule has 0 aliphatic carbocycles. The van der Waals surface area contributed by atoms with Gasteiger partial charge in [-0.3, -0.25) is 0 Å². The molecule has 356 valence electrons. The Labute approximate surface area is 387 Å². The van der Waals surface area contributed by atoms with Crippen LogP contribution in [0, 0.1) is 0 Å². The van der Waals surface area contributed by atoms with Gasteiger partial charge in [0, 0.05) is 32.9 Å². The molecule has 4 rings (SSSR count). The highest BCUT2D eigenvalue weighted by atomic mass is 16.6. The molecule has 4 aromatic carbocycles. The Morgan fingerprint density at radius 2 is 0.969 bits per heavy atom. The first-order valence-corrected chi connectivity index (χ1v) is 23.0. The van der Waals surface area contributed by atoms with Crippen LogP contribution in [0.1, 0.15) is 68.1 Å². The SMILES string of the molecule is C=CCCCOCCOCCOc1ccc(COc2ccc(-c3ccc(CNCc4cc(OC)c(OCCCCCCO)c(OC)c4)cc3)cc2)cc1OCCOCCOCCCC=C. The quantitative estimate of drug-likeness (QED) is 0.0327. The normalized spacial score (nSPS) is 11.0. The number of aliphatic hydroxyl groups is 1. The fraction of sp³-hybridized carbons (Fsp3) is 0.472. The minimum absolute atomic E-state index is 0.226. The van der Waals surface area contributed by atoms with Gasteiger partial charge in [0.25, 0.3) is 0 Å². The van der Waals surface area contributed by atoms with Crippen molar-refractivity contribution in [2.45, 2.75) is 71.1 Å². The van der Waals surface area contributed by atoms with Crippen molar-refractivity contribution in [3.8, 4) is 45.6 Å². The number of hydrogen-bond donors (Lipinski definition) is 2. The Kier molecular flexibility index (Phi) is 27.0. The summed E-state index contributed by atoms with van der Waals surface area (Å²) in [6.45, 7) is 15.0. The number of benzene rings is 4. The largest absolute Gasteiger partial charge is 0.493 e. The smallest absolute Gasteiger partial charge is 0.203 e. The third kappa shape index (κ3) is 21.2. The zero-order valence-corrected chi connectivity index (χ0v) is 38.9. The van der Waals surface area contributed by atoms with Crippen LogP contribution in [-0.4, -0.2) is 98.6 Å². The number of hydrogen-bond acceptors (Lipinski definition) is 12. The summed E-state index contributed by atoms with van der Waals surface area (Å²) in [6, 6.07) is 26.5. The summed E-state index contributed by atoms with van der Waals surface area (Å²) in [7, 11) is 3.28. The van der Waals surface area contributed by atoms with Crippen LogP contribution < -0.4 is 33.7 Å². The zero-order valence-electron chi connectivity index (χ0n) is 38.9. The van der Waals surface area contributed by atoms with Gasteiger partial charge in [-0.05, 0) is 109 Å². The van der Waals surface area contributed by atoms with Gasteiger partial charge in [0.2, 0.25) is 5.75 Å². The highest BCUT2D eigenvalue weighted by Gasteiger charge is 2.15. The molecule has 0 fully saturated rings. The van der Waals surface area contributed by atoms with Gasteiger partial charge in [0.1, 0.15) is 25.6 Å². The van der Waals surface area contributed by atoms with Gasteiger partial charge in [-0.2, -0.15) is 0 Å². The van der Waals surface area contributed by atoms with Crippen LogP contribution in [0.25, 0.3) is 11.1 Å². The molecule has 0 aliphatic rings. The van der Waals surface area contributed by atoms with Crippen molar-refractivity contribution >= 4 is 0 Å². The minimum atomic E-state index is 0.226. The molecule has 0 atom stereocenters. The van der Waals surface area contributed by atoms with Crippen LogP contribution >= 0.6 is 0 Å². The number of rotatable bonds is 39. The monoisotopic (exact) mass is 900 g/mol. The second kappa shape index (κ2) is 33.4. The minimum Gasteiger partial charge on any atom is -0.493 e. The summed E-state index contributed by atoms with van der Waals surface area (Å²) in [5, 5.41) is 12.5. The number of nitrogens with one attached hydrogen (secondary N) is 1. The standard InChI is InChI=1S/C53H73NO11/c1-5-7-12-26-58-29-31-60-33-35-62-49-24-17-44(37-50(49)63-36-34-61-32-30-59-27-13-8-6-2)42-65-48-22-20-47(21-23-48)46-18-15-43(16-19-46)40-54-41-45-38-51(56-3)53(52(39-45)57-4)64-28-14-10-9-11-25-55/h5-6,15-24,37-39,54-55H,1-2,7-14,25-36,40-42H2,3-4H3. The predicted molar refractivity (Wildman–Crippen MR) is 257 cm³/mol. The molecule has 12 heteroatoms. The van der Waals surface area contributed by atoms with Crippen LogP contribution in [0.4, 0.5) is 0 Å². The highest BCUT2D eigenvalue weighted by Crippen LogP contribution is 2.39. The molecule has 65 heavy (non-hydrogen) atoms. The number of unbranched alkanes of at least 4 members (excludes halogenated alkanes) is 5. The first-order valence-electron chi connectivity index (χ1n) is 23.0. The van der Waals surface area contributed by atoms with Crippen LogP contribution in [0.5, 0.6) is 34.5 Å². The number of aliphatic hydroxyl groups excluding tert-OH is 1. The molecule has 4 aromatic rings. The number of ether oxygens (including phenoxy) is 10. The van der Waals surface area contributed by atoms with E-state index in [9.17, 15) is 0 Å². The Morgan fingerprint density at radius 1 is 0.462 bits per heavy atom. The lowest BCUT2D eigenvalue weighted by atomic mass is 10.0. The highest BCUT2D eigenvalue weighted by molar-refractivity contribution is 5.64. The predicted octanol–water partition coefficient (Wildman–Crippen LogP) is 9.93. The van der Waals surface area contributed by atoms with Gasteiger partial charge in [0.05, 0.1) is 60.5 Å². The van der Waals surface area contributed by atoms with Gasteiger partial charge >= 0.3 is 0 Å². The lowest BCUT2D eigenvalue weighted by Crippen LogP contribution is -2.13. The van der Waals surface area contributed by atoms with Crippen LogP contribution in [-0.2, 0) is 38.6 Å². The first kappa shape index (κ1) is 52.5. The van der Waals surface area contributed by atoms with Gasteiger partial charge in [0.15, 0.2) is 23.0 Å². The third-order valence-corrected chi connectivity index (χ3v) is 10.1. The van der Waals surface area contributed by atoms with Crippen molar-refractivity contribution in [3.63, 3.8) is 0 Å². The van der Waals surface area contributed by atoms with E-state index in [0.29, 0.717) is 121 Å². The second-order valence-electron chi connectivity index (χ2n) is 15.2. The van der Waals surface area contributed by atoms with E-state index >= 15 is 0 Å². The molecular formula is C53H73NO11. The van der Waals surface area contributed by atoms with Crippen molar-refractivity contribution in [1.29, 1.82) is 0 Å². The van der Waals surface area contributed by atoms with E-state index < -0.39 is 0 Å². The van der Waals surface area contributed by atoms with E-state index in [2.05, 4.69) is 54.9 Å². The summed E-state index contributed by atoms with van der Waals surface area (Å²) < 4.78 is 58.4. The van der Waals surface area contributed by atoms with Crippen LogP contribution in [0.15, 0.2) is 104 Å². The van der Waals surface area contributed by atoms with Crippen molar-refractivity contribution in [2.75, 3.05) is 93.5 Å². The lowest BCUT2D eigenvalue weighted by Gasteiger charge is -2.16. The zero-order chi connectivity index (χ0) is 46.0. The molecule has 0 saturated carbocycles. The maximum absolute atomic E-state index is 9.00. The van der Waals surface area contributed by atoms with Crippen molar-refractivity contribution in [1.82, 2.24) is 5.32 Å². The molecule has 2 N–H and O–H groups in total. The van der Waals surface area contributed by atoms with Gasteiger partial charge < -0.3 is 57.8 Å². The van der Waals surface area contributed by atoms with E-state index in [0.717, 1.165) is 79.4 Å². The maximum Gasteiger partial charge on any atom is 0.203 e. The average Bonchev–Trinajstić information content (AvgIpc) is 3.34. The summed E-state index contributed by atoms with van der Waals surface area (Å²) in [6.07, 6.45) is 11.3. The second-order valence-corrected chi connectivity index (χ2v) is 15.2. The van der Waals surface area contributed by atoms with Crippen molar-refractivity contribution in [2.24, 2.45) is 0 Å². The Balaban J connectivity index is 1.24. The average molecular weight is 900 g/mol. The molecule has 0 aromatic heterocycles. The molecule has 0 spiro atoms. The topological polar surface area (TPSA) is 125 Å². The summed E-state index contributed by atoms with van der Waals surface area (Å²) in [4.78, 5) is 0. The van der Waals surface area contributed by atoms with Crippen LogP contribution in [0.3, 0.4) is 0 Å². The van der Waals surface area contributed by atoms with E-state index in [1.54, 1.807) is 14.2 Å². The Hall–Kier alpha value is -5.08. The molecule has 0 unspecified atom stereocenters. The molecule has 0 bridgehead atoms. The fourth-order valence-electron chi connectivity index (χ4n) is 6.60. The number of allylic oxidation sites excluding steroid dienone is 2. The first-order chi connectivity index (χ1) is 32.1. The molecule has 0 aliphatic heterocycles. The van der Waals surface area contributed by atoms with E-state index in [-0.39, 0.29) is 6.61 Å². The summed E-state index contributed by atoms with van der Waals surface area (Å²) in [5.41, 5.74) is 5.37. The lowest BCUT2D eigenvalue weighted by molar-refractivity contribution is 0.0326. The Morgan fingerprint density at radius 3 is 1.55 bits per heavy atom. The van der Waals surface area contributed by atoms with Gasteiger partial charge in [-0.25, -0.2) is 0 Å². The fourth-order valence-corrected chi connectivity index (χ4v) is 6.60.